The zero-order valence-electron chi connectivity index (χ0n) is 31.8. The topological polar surface area (TPSA) is 126 Å². The number of anilines is 3. The molecule has 3 amide bonds. The van der Waals surface area contributed by atoms with Crippen molar-refractivity contribution < 1.29 is 38.5 Å². The van der Waals surface area contributed by atoms with Crippen molar-refractivity contribution in [2.45, 2.75) is 69.8 Å². The standard InChI is InChI=1S/C43H47N3O8Si/c1-28-41(55(4,5)34-19-17-33(52-3)18-20-34)37(25-38(49)44(22-23-47)27-30-12-8-6-9-13-30)54-43(28)35-24-32(46-39(50)26-40(46)53-29(2)48)16-21-36(35)45(42(43)51)31-14-10-7-11-15-31/h6-21,24,28,37,40-41,47H,22-23,25-27H2,1-5H3/t28-,37+,40?,41-,43+/m1/s1. The molecule has 4 aromatic rings. The highest BCUT2D eigenvalue weighted by molar-refractivity contribution is 6.91. The van der Waals surface area contributed by atoms with Crippen LogP contribution in [0.1, 0.15) is 37.8 Å². The molecule has 0 bridgehead atoms. The number of carbonyl (C=O) groups excluding carboxylic acids is 4. The Hall–Kier alpha value is -5.30. The molecule has 11 nitrogen and oxygen atoms in total. The summed E-state index contributed by atoms with van der Waals surface area (Å²) in [4.78, 5) is 59.5. The maximum Gasteiger partial charge on any atom is 0.304 e. The van der Waals surface area contributed by atoms with Crippen molar-refractivity contribution in [3.8, 4) is 5.75 Å². The summed E-state index contributed by atoms with van der Waals surface area (Å²) in [6.45, 7) is 8.11. The number of nitrogens with zero attached hydrogens (tertiary/aromatic N) is 3. The second-order valence-electron chi connectivity index (χ2n) is 15.1. The van der Waals surface area contributed by atoms with E-state index in [1.807, 2.05) is 91.9 Å². The molecule has 1 unspecified atom stereocenters. The highest BCUT2D eigenvalue weighted by Crippen LogP contribution is 2.61. The quantitative estimate of drug-likeness (QED) is 0.112. The van der Waals surface area contributed by atoms with Crippen LogP contribution in [0, 0.1) is 5.92 Å². The molecule has 3 heterocycles. The van der Waals surface area contributed by atoms with Crippen molar-refractivity contribution in [3.05, 3.63) is 114 Å². The summed E-state index contributed by atoms with van der Waals surface area (Å²) in [6.07, 6.45) is -1.39. The number of amides is 3. The fraction of sp³-hybridized carbons (Fsp3) is 0.349. The van der Waals surface area contributed by atoms with Crippen LogP contribution in [-0.2, 0) is 40.8 Å². The molecule has 0 radical (unpaired) electrons. The van der Waals surface area contributed by atoms with Gasteiger partial charge in [0.15, 0.2) is 11.8 Å². The number of methoxy groups -OCH3 is 1. The van der Waals surface area contributed by atoms with Crippen molar-refractivity contribution in [3.63, 3.8) is 0 Å². The number of β-lactam (4-membered cyclic amide) rings is 1. The van der Waals surface area contributed by atoms with Gasteiger partial charge in [-0.1, -0.05) is 85.9 Å². The van der Waals surface area contributed by atoms with E-state index in [1.54, 1.807) is 23.0 Å². The zero-order chi connectivity index (χ0) is 39.1. The molecule has 1 spiro atoms. The summed E-state index contributed by atoms with van der Waals surface area (Å²) in [7, 11) is -0.987. The van der Waals surface area contributed by atoms with Crippen LogP contribution in [0.4, 0.5) is 17.1 Å². The van der Waals surface area contributed by atoms with Crippen molar-refractivity contribution in [2.75, 3.05) is 30.1 Å². The van der Waals surface area contributed by atoms with Gasteiger partial charge in [0.25, 0.3) is 5.91 Å². The summed E-state index contributed by atoms with van der Waals surface area (Å²) in [5.74, 6) is -0.872. The SMILES string of the molecule is COc1ccc([Si](C)(C)[C@H]2[C@H](CC(=O)N(CCO)Cc3ccccc3)O[C@@]3(C(=O)N(c4ccccc4)c4ccc(N5C(=O)CC5OC(C)=O)cc43)[C@@H]2C)cc1. The van der Waals surface area contributed by atoms with Gasteiger partial charge < -0.3 is 24.2 Å². The largest absolute Gasteiger partial charge is 0.497 e. The summed E-state index contributed by atoms with van der Waals surface area (Å²) in [6, 6.07) is 32.4. The number of hydrogen-bond acceptors (Lipinski definition) is 8. The first-order valence-electron chi connectivity index (χ1n) is 18.7. The Balaban J connectivity index is 1.36. The highest BCUT2D eigenvalue weighted by Gasteiger charge is 2.67. The number of esters is 1. The van der Waals surface area contributed by atoms with E-state index in [0.717, 1.165) is 16.5 Å². The highest BCUT2D eigenvalue weighted by atomic mass is 28.3. The summed E-state index contributed by atoms with van der Waals surface area (Å²) < 4.78 is 18.2. The van der Waals surface area contributed by atoms with E-state index < -0.39 is 37.9 Å². The molecule has 0 aliphatic carbocycles. The molecular formula is C43H47N3O8Si. The van der Waals surface area contributed by atoms with Crippen molar-refractivity contribution in [2.24, 2.45) is 5.92 Å². The van der Waals surface area contributed by atoms with Gasteiger partial charge in [-0.25, -0.2) is 0 Å². The molecule has 3 aliphatic heterocycles. The molecule has 2 fully saturated rings. The van der Waals surface area contributed by atoms with Gasteiger partial charge in [-0.05, 0) is 53.6 Å². The Morgan fingerprint density at radius 1 is 0.945 bits per heavy atom. The van der Waals surface area contributed by atoms with Gasteiger partial charge in [-0.15, -0.1) is 0 Å². The van der Waals surface area contributed by atoms with Crippen LogP contribution in [0.5, 0.6) is 5.75 Å². The second kappa shape index (κ2) is 15.1. The third-order valence-electron chi connectivity index (χ3n) is 11.5. The molecule has 2 saturated heterocycles. The Morgan fingerprint density at radius 2 is 1.62 bits per heavy atom. The van der Waals surface area contributed by atoms with Gasteiger partial charge in [0, 0.05) is 42.9 Å². The fourth-order valence-corrected chi connectivity index (χ4v) is 12.9. The number of benzene rings is 4. The Bertz CT molecular complexity index is 2080. The van der Waals surface area contributed by atoms with E-state index in [4.69, 9.17) is 14.2 Å². The lowest BCUT2D eigenvalue weighted by molar-refractivity contribution is -0.154. The van der Waals surface area contributed by atoms with Crippen LogP contribution < -0.4 is 19.7 Å². The molecule has 3 aliphatic rings. The number of hydrogen-bond donors (Lipinski definition) is 1. The third-order valence-corrected chi connectivity index (χ3v) is 15.9. The smallest absolute Gasteiger partial charge is 0.304 e. The number of fused-ring (bicyclic) bond motifs is 2. The first kappa shape index (κ1) is 38.0. The number of para-hydroxylation sites is 1. The molecular weight excluding hydrogens is 715 g/mol. The lowest BCUT2D eigenvalue weighted by Crippen LogP contribution is -2.55. The summed E-state index contributed by atoms with van der Waals surface area (Å²) in [5, 5.41) is 11.2. The maximum absolute atomic E-state index is 15.4. The third kappa shape index (κ3) is 6.72. The summed E-state index contributed by atoms with van der Waals surface area (Å²) >= 11 is 0. The summed E-state index contributed by atoms with van der Waals surface area (Å²) in [5.41, 5.74) is 1.51. The number of rotatable bonds is 12. The Morgan fingerprint density at radius 3 is 2.24 bits per heavy atom. The van der Waals surface area contributed by atoms with E-state index in [0.29, 0.717) is 29.2 Å². The minimum Gasteiger partial charge on any atom is -0.497 e. The lowest BCUT2D eigenvalue weighted by atomic mass is 9.82. The van der Waals surface area contributed by atoms with Gasteiger partial charge in [-0.2, -0.15) is 0 Å². The minimum absolute atomic E-state index is 0.0110. The van der Waals surface area contributed by atoms with E-state index in [-0.39, 0.29) is 49.3 Å². The zero-order valence-corrected chi connectivity index (χ0v) is 32.8. The molecule has 0 aromatic heterocycles. The molecule has 12 heteroatoms. The van der Waals surface area contributed by atoms with Crippen molar-refractivity contribution >= 4 is 54.0 Å². The molecule has 7 rings (SSSR count). The van der Waals surface area contributed by atoms with E-state index in [9.17, 15) is 19.5 Å². The first-order chi connectivity index (χ1) is 26.4. The van der Waals surface area contributed by atoms with Gasteiger partial charge in [0.2, 0.25) is 11.8 Å². The number of carbonyl (C=O) groups is 4. The number of ether oxygens (including phenoxy) is 3. The van der Waals surface area contributed by atoms with Gasteiger partial charge >= 0.3 is 5.97 Å². The molecule has 55 heavy (non-hydrogen) atoms. The molecule has 1 N–H and O–H groups in total. The van der Waals surface area contributed by atoms with Crippen molar-refractivity contribution in [1.82, 2.24) is 4.90 Å². The van der Waals surface area contributed by atoms with Crippen molar-refractivity contribution in [1.29, 1.82) is 0 Å². The van der Waals surface area contributed by atoms with Gasteiger partial charge in [0.05, 0.1) is 46.4 Å². The molecule has 0 saturated carbocycles. The van der Waals surface area contributed by atoms with E-state index >= 15 is 4.79 Å². The monoisotopic (exact) mass is 761 g/mol. The Labute approximate surface area is 322 Å². The van der Waals surface area contributed by atoms with Crippen LogP contribution in [0.3, 0.4) is 0 Å². The van der Waals surface area contributed by atoms with E-state index in [2.05, 4.69) is 25.2 Å². The van der Waals surface area contributed by atoms with Crippen LogP contribution in [-0.4, -0.2) is 74.4 Å². The van der Waals surface area contributed by atoms with Crippen LogP contribution in [0.25, 0.3) is 0 Å². The number of aliphatic hydroxyl groups is 1. The Kier molecular flexibility index (Phi) is 10.4. The van der Waals surface area contributed by atoms with Crippen LogP contribution in [0.2, 0.25) is 18.6 Å². The minimum atomic E-state index is -2.61. The second-order valence-corrected chi connectivity index (χ2v) is 19.8. The molecule has 286 valence electrons. The van der Waals surface area contributed by atoms with Gasteiger partial charge in [-0.3, -0.25) is 29.0 Å². The average molecular weight is 762 g/mol. The van der Waals surface area contributed by atoms with Crippen LogP contribution in [0.15, 0.2) is 103 Å². The average Bonchev–Trinajstić information content (AvgIpc) is 3.60. The lowest BCUT2D eigenvalue weighted by Gasteiger charge is -2.39. The van der Waals surface area contributed by atoms with Gasteiger partial charge in [0.1, 0.15) is 5.75 Å². The first-order valence-corrected chi connectivity index (χ1v) is 21.8. The van der Waals surface area contributed by atoms with Crippen LogP contribution >= 0.6 is 0 Å². The normalized spacial score (nSPS) is 23.1. The predicted molar refractivity (Wildman–Crippen MR) is 211 cm³/mol. The van der Waals surface area contributed by atoms with E-state index in [1.165, 1.54) is 11.8 Å². The maximum atomic E-state index is 15.4. The molecule has 5 atom stereocenters. The molecule has 4 aromatic carbocycles. The predicted octanol–water partition coefficient (Wildman–Crippen LogP) is 5.63. The number of aliphatic hydroxyl groups excluding tert-OH is 1. The fourth-order valence-electron chi connectivity index (χ4n) is 8.91.